The van der Waals surface area contributed by atoms with Crippen molar-refractivity contribution in [3.63, 3.8) is 0 Å². The molecule has 0 unspecified atom stereocenters. The lowest BCUT2D eigenvalue weighted by atomic mass is 10.0. The normalized spacial score (nSPS) is 9.71. The van der Waals surface area contributed by atoms with E-state index in [2.05, 4.69) is 16.4 Å². The van der Waals surface area contributed by atoms with E-state index in [1.807, 2.05) is 44.3 Å². The summed E-state index contributed by atoms with van der Waals surface area (Å²) in [7, 11) is 1.89. The van der Waals surface area contributed by atoms with Gasteiger partial charge in [-0.15, -0.1) is 0 Å². The minimum Gasteiger partial charge on any atom is -0.388 e. The van der Waals surface area contributed by atoms with Gasteiger partial charge >= 0.3 is 0 Å². The van der Waals surface area contributed by atoms with Crippen LogP contribution in [0, 0.1) is 18.3 Å². The Balaban J connectivity index is 2.40. The third-order valence-corrected chi connectivity index (χ3v) is 2.69. The lowest BCUT2D eigenvalue weighted by Crippen LogP contribution is -1.90. The van der Waals surface area contributed by atoms with Crippen LogP contribution in [0.1, 0.15) is 11.3 Å². The fourth-order valence-corrected chi connectivity index (χ4v) is 1.68. The number of rotatable bonds is 2. The molecule has 1 aromatic carbocycles. The molecule has 0 atom stereocenters. The third-order valence-electron chi connectivity index (χ3n) is 2.69. The van der Waals surface area contributed by atoms with Gasteiger partial charge in [-0.25, -0.2) is 4.98 Å². The Morgan fingerprint density at radius 2 is 1.88 bits per heavy atom. The summed E-state index contributed by atoms with van der Waals surface area (Å²) in [5.74, 6) is 0. The maximum atomic E-state index is 8.83. The molecule has 84 valence electrons. The van der Waals surface area contributed by atoms with E-state index in [1.54, 1.807) is 6.20 Å². The maximum absolute atomic E-state index is 8.83. The first kappa shape index (κ1) is 11.2. The molecule has 1 N–H and O–H groups in total. The van der Waals surface area contributed by atoms with Crippen LogP contribution < -0.4 is 5.32 Å². The molecule has 3 heteroatoms. The van der Waals surface area contributed by atoms with Gasteiger partial charge in [-0.05, 0) is 36.2 Å². The molecule has 0 radical (unpaired) electrons. The quantitative estimate of drug-likeness (QED) is 0.851. The van der Waals surface area contributed by atoms with E-state index >= 15 is 0 Å². The number of aromatic nitrogens is 1. The van der Waals surface area contributed by atoms with Crippen molar-refractivity contribution >= 4 is 5.69 Å². The molecular weight excluding hydrogens is 210 g/mol. The molecule has 2 rings (SSSR count). The van der Waals surface area contributed by atoms with Crippen LogP contribution in [0.5, 0.6) is 0 Å². The number of aryl methyl sites for hydroxylation is 1. The highest BCUT2D eigenvalue weighted by Gasteiger charge is 2.02. The van der Waals surface area contributed by atoms with Crippen LogP contribution in [0.4, 0.5) is 5.69 Å². The lowest BCUT2D eigenvalue weighted by Gasteiger charge is -2.05. The first-order valence-electron chi connectivity index (χ1n) is 5.39. The monoisotopic (exact) mass is 223 g/mol. The van der Waals surface area contributed by atoms with E-state index in [-0.39, 0.29) is 0 Å². The number of hydrogen-bond donors (Lipinski definition) is 1. The van der Waals surface area contributed by atoms with E-state index in [0.29, 0.717) is 5.69 Å². The molecule has 0 aliphatic carbocycles. The predicted molar refractivity (Wildman–Crippen MR) is 68.7 cm³/mol. The van der Waals surface area contributed by atoms with Crippen molar-refractivity contribution in [2.75, 3.05) is 12.4 Å². The molecule has 0 saturated carbocycles. The number of benzene rings is 1. The maximum Gasteiger partial charge on any atom is 0.143 e. The minimum absolute atomic E-state index is 0.487. The Morgan fingerprint density at radius 1 is 1.18 bits per heavy atom. The van der Waals surface area contributed by atoms with E-state index in [1.165, 1.54) is 0 Å². The Labute approximate surface area is 101 Å². The Kier molecular flexibility index (Phi) is 3.06. The molecular formula is C14H13N3. The molecule has 0 bridgehead atoms. The summed E-state index contributed by atoms with van der Waals surface area (Å²) in [6.07, 6.45) is 1.74. The van der Waals surface area contributed by atoms with Crippen LogP contribution in [0.15, 0.2) is 36.5 Å². The van der Waals surface area contributed by atoms with Gasteiger partial charge in [0.05, 0.1) is 0 Å². The second-order valence-corrected chi connectivity index (χ2v) is 3.83. The van der Waals surface area contributed by atoms with E-state index < -0.39 is 0 Å². The molecule has 0 amide bonds. The van der Waals surface area contributed by atoms with Crippen molar-refractivity contribution in [3.8, 4) is 17.2 Å². The zero-order valence-corrected chi connectivity index (χ0v) is 9.86. The second-order valence-electron chi connectivity index (χ2n) is 3.83. The predicted octanol–water partition coefficient (Wildman–Crippen LogP) is 2.97. The molecule has 0 aliphatic heterocycles. The summed E-state index contributed by atoms with van der Waals surface area (Å²) in [4.78, 5) is 4.14. The van der Waals surface area contributed by atoms with Gasteiger partial charge in [0, 0.05) is 24.5 Å². The van der Waals surface area contributed by atoms with Gasteiger partial charge in [-0.3, -0.25) is 0 Å². The largest absolute Gasteiger partial charge is 0.388 e. The van der Waals surface area contributed by atoms with Crippen molar-refractivity contribution in [1.29, 1.82) is 5.26 Å². The Bertz CT molecular complexity index is 565. The van der Waals surface area contributed by atoms with E-state index in [4.69, 9.17) is 5.26 Å². The first-order valence-corrected chi connectivity index (χ1v) is 5.39. The second kappa shape index (κ2) is 4.67. The van der Waals surface area contributed by atoms with Gasteiger partial charge in [0.2, 0.25) is 0 Å². The summed E-state index contributed by atoms with van der Waals surface area (Å²) in [5, 5.41) is 11.9. The van der Waals surface area contributed by atoms with Crippen molar-refractivity contribution in [2.45, 2.75) is 6.92 Å². The average molecular weight is 223 g/mol. The molecule has 0 spiro atoms. The molecule has 17 heavy (non-hydrogen) atoms. The zero-order chi connectivity index (χ0) is 12.3. The Hall–Kier alpha value is -2.34. The number of hydrogen-bond acceptors (Lipinski definition) is 3. The van der Waals surface area contributed by atoms with Crippen molar-refractivity contribution < 1.29 is 0 Å². The number of nitriles is 1. The fourth-order valence-electron chi connectivity index (χ4n) is 1.68. The third kappa shape index (κ3) is 2.26. The molecule has 0 aliphatic rings. The lowest BCUT2D eigenvalue weighted by molar-refractivity contribution is 1.21. The fraction of sp³-hybridized carbons (Fsp3) is 0.143. The van der Waals surface area contributed by atoms with E-state index in [0.717, 1.165) is 22.4 Å². The van der Waals surface area contributed by atoms with Crippen molar-refractivity contribution in [1.82, 2.24) is 4.98 Å². The number of nitrogens with one attached hydrogen (secondary N) is 1. The molecule has 3 nitrogen and oxygen atoms in total. The highest BCUT2D eigenvalue weighted by molar-refractivity contribution is 5.66. The molecule has 1 heterocycles. The van der Waals surface area contributed by atoms with Crippen LogP contribution in [-0.2, 0) is 0 Å². The number of anilines is 1. The molecule has 1 aromatic heterocycles. The van der Waals surface area contributed by atoms with E-state index in [9.17, 15) is 0 Å². The van der Waals surface area contributed by atoms with Crippen LogP contribution in [0.3, 0.4) is 0 Å². The minimum atomic E-state index is 0.487. The van der Waals surface area contributed by atoms with Gasteiger partial charge in [0.25, 0.3) is 0 Å². The standard InChI is InChI=1S/C14H13N3/c1-10-7-12(9-17-14(10)8-15)11-3-5-13(16-2)6-4-11/h3-7,9,16H,1-2H3. The van der Waals surface area contributed by atoms with Crippen LogP contribution in [0.2, 0.25) is 0 Å². The van der Waals surface area contributed by atoms with Gasteiger partial charge < -0.3 is 5.32 Å². The van der Waals surface area contributed by atoms with Gasteiger partial charge in [0.15, 0.2) is 0 Å². The highest BCUT2D eigenvalue weighted by Crippen LogP contribution is 2.22. The Morgan fingerprint density at radius 3 is 2.41 bits per heavy atom. The smallest absolute Gasteiger partial charge is 0.143 e. The van der Waals surface area contributed by atoms with Crippen molar-refractivity contribution in [2.24, 2.45) is 0 Å². The summed E-state index contributed by atoms with van der Waals surface area (Å²) in [6, 6.07) is 12.2. The SMILES string of the molecule is CNc1ccc(-c2cnc(C#N)c(C)c2)cc1. The first-order chi connectivity index (χ1) is 8.24. The van der Waals surface area contributed by atoms with Crippen LogP contribution in [0.25, 0.3) is 11.1 Å². The highest BCUT2D eigenvalue weighted by atomic mass is 14.8. The van der Waals surface area contributed by atoms with Crippen molar-refractivity contribution in [3.05, 3.63) is 47.8 Å². The van der Waals surface area contributed by atoms with Crippen LogP contribution in [-0.4, -0.2) is 12.0 Å². The van der Waals surface area contributed by atoms with Gasteiger partial charge in [0.1, 0.15) is 11.8 Å². The number of nitrogens with zero attached hydrogens (tertiary/aromatic N) is 2. The van der Waals surface area contributed by atoms with Gasteiger partial charge in [-0.1, -0.05) is 12.1 Å². The number of pyridine rings is 1. The molecule has 2 aromatic rings. The summed E-state index contributed by atoms with van der Waals surface area (Å²) >= 11 is 0. The molecule has 0 saturated heterocycles. The topological polar surface area (TPSA) is 48.7 Å². The summed E-state index contributed by atoms with van der Waals surface area (Å²) in [5.41, 5.74) is 4.60. The summed E-state index contributed by atoms with van der Waals surface area (Å²) in [6.45, 7) is 1.90. The van der Waals surface area contributed by atoms with Crippen LogP contribution >= 0.6 is 0 Å². The molecule has 0 fully saturated rings. The van der Waals surface area contributed by atoms with Gasteiger partial charge in [-0.2, -0.15) is 5.26 Å². The zero-order valence-electron chi connectivity index (χ0n) is 9.86. The summed E-state index contributed by atoms with van der Waals surface area (Å²) < 4.78 is 0. The average Bonchev–Trinajstić information content (AvgIpc) is 2.39.